The molecule has 0 bridgehead atoms. The quantitative estimate of drug-likeness (QED) is 0.677. The van der Waals surface area contributed by atoms with Crippen LogP contribution in [0.1, 0.15) is 39.1 Å². The molecule has 0 aliphatic carbocycles. The van der Waals surface area contributed by atoms with Gasteiger partial charge in [-0.1, -0.05) is 36.4 Å². The van der Waals surface area contributed by atoms with E-state index >= 15 is 0 Å². The number of hydrogen-bond donors (Lipinski definition) is 1. The highest BCUT2D eigenvalue weighted by Crippen LogP contribution is 2.29. The van der Waals surface area contributed by atoms with Gasteiger partial charge in [0.1, 0.15) is 0 Å². The number of fused-ring (bicyclic) bond motifs is 2. The van der Waals surface area contributed by atoms with E-state index in [1.807, 2.05) is 6.07 Å². The number of hydrogen-bond acceptors (Lipinski definition) is 3. The van der Waals surface area contributed by atoms with E-state index in [9.17, 15) is 9.59 Å². The summed E-state index contributed by atoms with van der Waals surface area (Å²) in [6.45, 7) is 3.25. The Bertz CT molecular complexity index is 1090. The molecular weight excluding hydrogens is 362 g/mol. The fraction of sp³-hybridized carbons (Fsp3) is 0.250. The van der Waals surface area contributed by atoms with E-state index in [1.165, 1.54) is 26.9 Å². The van der Waals surface area contributed by atoms with Crippen LogP contribution in [0.5, 0.6) is 0 Å². The average Bonchev–Trinajstić information content (AvgIpc) is 3.30. The highest BCUT2D eigenvalue weighted by Gasteiger charge is 2.34. The highest BCUT2D eigenvalue weighted by atomic mass is 16.2. The molecule has 0 radical (unpaired) electrons. The Morgan fingerprint density at radius 3 is 2.31 bits per heavy atom. The summed E-state index contributed by atoms with van der Waals surface area (Å²) in [6, 6.07) is 15.5. The van der Waals surface area contributed by atoms with Gasteiger partial charge in [-0.05, 0) is 36.6 Å². The number of nitrogens with zero attached hydrogens (tertiary/aromatic N) is 2. The van der Waals surface area contributed by atoms with Crippen LogP contribution in [-0.4, -0.2) is 52.8 Å². The van der Waals surface area contributed by atoms with Crippen LogP contribution in [0.4, 0.5) is 0 Å². The first-order valence-electron chi connectivity index (χ1n) is 10.2. The van der Waals surface area contributed by atoms with E-state index in [2.05, 4.69) is 40.4 Å². The molecule has 0 unspecified atom stereocenters. The molecule has 0 saturated carbocycles. The number of H-pyrrole nitrogens is 1. The Morgan fingerprint density at radius 1 is 0.862 bits per heavy atom. The summed E-state index contributed by atoms with van der Waals surface area (Å²) >= 11 is 0. The van der Waals surface area contributed by atoms with Crippen molar-refractivity contribution in [3.63, 3.8) is 0 Å². The van der Waals surface area contributed by atoms with Crippen molar-refractivity contribution in [1.82, 2.24) is 14.8 Å². The second kappa shape index (κ2) is 7.33. The van der Waals surface area contributed by atoms with Crippen molar-refractivity contribution in [3.05, 3.63) is 77.5 Å². The number of benzene rings is 2. The molecule has 1 aromatic heterocycles. The molecule has 5 nitrogen and oxygen atoms in total. The van der Waals surface area contributed by atoms with Crippen LogP contribution in [0, 0.1) is 0 Å². The zero-order valence-electron chi connectivity index (χ0n) is 16.2. The Kier molecular flexibility index (Phi) is 4.52. The molecule has 3 heterocycles. The fourth-order valence-corrected chi connectivity index (χ4v) is 4.39. The van der Waals surface area contributed by atoms with Gasteiger partial charge in [-0.25, -0.2) is 0 Å². The van der Waals surface area contributed by atoms with Gasteiger partial charge in [-0.15, -0.1) is 0 Å². The van der Waals surface area contributed by atoms with Crippen molar-refractivity contribution in [3.8, 4) is 0 Å². The van der Waals surface area contributed by atoms with Crippen LogP contribution in [0.2, 0.25) is 0 Å². The second-order valence-electron chi connectivity index (χ2n) is 7.69. The molecular formula is C24H23N3O2. The predicted molar refractivity (Wildman–Crippen MR) is 114 cm³/mol. The van der Waals surface area contributed by atoms with Crippen LogP contribution < -0.4 is 0 Å². The number of carbonyl (C=O) groups is 2. The molecule has 2 aromatic carbocycles. The molecule has 3 aromatic rings. The maximum Gasteiger partial charge on any atom is 0.261 e. The number of rotatable bonds is 5. The summed E-state index contributed by atoms with van der Waals surface area (Å²) in [5.74, 6) is -0.323. The molecule has 0 atom stereocenters. The number of para-hydroxylation sites is 1. The Labute approximate surface area is 169 Å². The fourth-order valence-electron chi connectivity index (χ4n) is 4.39. The first kappa shape index (κ1) is 17.9. The van der Waals surface area contributed by atoms with Crippen molar-refractivity contribution in [2.45, 2.75) is 12.8 Å². The van der Waals surface area contributed by atoms with E-state index in [4.69, 9.17) is 0 Å². The van der Waals surface area contributed by atoms with Crippen molar-refractivity contribution < 1.29 is 9.59 Å². The van der Waals surface area contributed by atoms with Gasteiger partial charge in [0, 0.05) is 48.8 Å². The van der Waals surface area contributed by atoms with Gasteiger partial charge in [-0.3, -0.25) is 19.4 Å². The summed E-state index contributed by atoms with van der Waals surface area (Å²) in [4.78, 5) is 32.0. The maximum absolute atomic E-state index is 12.4. The lowest BCUT2D eigenvalue weighted by atomic mass is 9.99. The third-order valence-corrected chi connectivity index (χ3v) is 5.96. The van der Waals surface area contributed by atoms with Gasteiger partial charge in [0.25, 0.3) is 11.8 Å². The first-order valence-corrected chi connectivity index (χ1v) is 10.2. The first-order chi connectivity index (χ1) is 14.2. The lowest BCUT2D eigenvalue weighted by Crippen LogP contribution is -2.35. The topological polar surface area (TPSA) is 56.4 Å². The molecule has 2 aliphatic heterocycles. The molecule has 146 valence electrons. The van der Waals surface area contributed by atoms with Crippen LogP contribution in [0.15, 0.2) is 60.8 Å². The van der Waals surface area contributed by atoms with Crippen LogP contribution in [0.25, 0.3) is 16.5 Å². The molecule has 29 heavy (non-hydrogen) atoms. The molecule has 0 fully saturated rings. The summed E-state index contributed by atoms with van der Waals surface area (Å²) in [5, 5.41) is 1.28. The summed E-state index contributed by atoms with van der Waals surface area (Å²) in [5.41, 5.74) is 4.92. The second-order valence-corrected chi connectivity index (χ2v) is 7.69. The Balaban J connectivity index is 1.18. The maximum atomic E-state index is 12.4. The minimum atomic E-state index is -0.161. The number of nitrogens with one attached hydrogen (secondary N) is 1. The number of amides is 2. The molecule has 2 amide bonds. The molecule has 0 saturated heterocycles. The van der Waals surface area contributed by atoms with Gasteiger partial charge >= 0.3 is 0 Å². The summed E-state index contributed by atoms with van der Waals surface area (Å²) < 4.78 is 0. The van der Waals surface area contributed by atoms with Crippen LogP contribution in [0.3, 0.4) is 0 Å². The standard InChI is InChI=1S/C24H23N3O2/c28-23-19-7-1-2-8-20(19)24(29)27(23)13-5-12-26-14-10-17(11-15-26)21-16-25-22-9-4-3-6-18(21)22/h1-4,6-10,16,25H,5,11-15H2. The van der Waals surface area contributed by atoms with Gasteiger partial charge in [-0.2, -0.15) is 0 Å². The Morgan fingerprint density at radius 2 is 1.59 bits per heavy atom. The van der Waals surface area contributed by atoms with E-state index in [0.29, 0.717) is 17.7 Å². The highest BCUT2D eigenvalue weighted by molar-refractivity contribution is 6.21. The van der Waals surface area contributed by atoms with E-state index in [-0.39, 0.29) is 11.8 Å². The normalized spacial score (nSPS) is 17.1. The predicted octanol–water partition coefficient (Wildman–Crippen LogP) is 3.94. The van der Waals surface area contributed by atoms with Gasteiger partial charge in [0.05, 0.1) is 11.1 Å². The monoisotopic (exact) mass is 385 g/mol. The summed E-state index contributed by atoms with van der Waals surface area (Å²) in [7, 11) is 0. The van der Waals surface area contributed by atoms with Gasteiger partial charge in [0.2, 0.25) is 0 Å². The minimum absolute atomic E-state index is 0.161. The Hall–Kier alpha value is -3.18. The summed E-state index contributed by atoms with van der Waals surface area (Å²) in [6.07, 6.45) is 6.21. The van der Waals surface area contributed by atoms with E-state index in [0.717, 1.165) is 32.5 Å². The number of aromatic nitrogens is 1. The van der Waals surface area contributed by atoms with Crippen molar-refractivity contribution in [2.75, 3.05) is 26.2 Å². The number of carbonyl (C=O) groups excluding carboxylic acids is 2. The van der Waals surface area contributed by atoms with E-state index < -0.39 is 0 Å². The zero-order chi connectivity index (χ0) is 19.8. The van der Waals surface area contributed by atoms with Crippen LogP contribution >= 0.6 is 0 Å². The molecule has 0 spiro atoms. The third kappa shape index (κ3) is 3.17. The van der Waals surface area contributed by atoms with Crippen molar-refractivity contribution >= 4 is 28.3 Å². The largest absolute Gasteiger partial charge is 0.361 e. The molecule has 5 rings (SSSR count). The molecule has 5 heteroatoms. The third-order valence-electron chi connectivity index (χ3n) is 5.96. The van der Waals surface area contributed by atoms with Crippen LogP contribution in [-0.2, 0) is 0 Å². The van der Waals surface area contributed by atoms with Crippen molar-refractivity contribution in [2.24, 2.45) is 0 Å². The van der Waals surface area contributed by atoms with Gasteiger partial charge < -0.3 is 4.98 Å². The number of imide groups is 1. The van der Waals surface area contributed by atoms with Crippen molar-refractivity contribution in [1.29, 1.82) is 0 Å². The van der Waals surface area contributed by atoms with Gasteiger partial charge in [0.15, 0.2) is 0 Å². The molecule has 1 N–H and O–H groups in total. The lowest BCUT2D eigenvalue weighted by Gasteiger charge is -2.27. The lowest BCUT2D eigenvalue weighted by molar-refractivity contribution is 0.0648. The average molecular weight is 385 g/mol. The number of aromatic amines is 1. The molecule has 2 aliphatic rings. The minimum Gasteiger partial charge on any atom is -0.361 e. The zero-order valence-corrected chi connectivity index (χ0v) is 16.2. The SMILES string of the molecule is O=C1c2ccccc2C(=O)N1CCCN1CC=C(c2c[nH]c3ccccc23)CC1. The van der Waals surface area contributed by atoms with E-state index in [1.54, 1.807) is 24.3 Å². The smallest absolute Gasteiger partial charge is 0.261 e.